The van der Waals surface area contributed by atoms with Crippen molar-refractivity contribution in [1.29, 1.82) is 0 Å². The van der Waals surface area contributed by atoms with Gasteiger partial charge >= 0.3 is 0 Å². The third-order valence-electron chi connectivity index (χ3n) is 2.55. The fourth-order valence-corrected chi connectivity index (χ4v) is 1.80. The van der Waals surface area contributed by atoms with E-state index in [0.717, 1.165) is 31.1 Å². The average molecular weight is 227 g/mol. The second-order valence-electron chi connectivity index (χ2n) is 3.95. The van der Waals surface area contributed by atoms with Crippen LogP contribution in [0.2, 0.25) is 5.15 Å². The summed E-state index contributed by atoms with van der Waals surface area (Å²) in [5.41, 5.74) is 0.920. The lowest BCUT2D eigenvalue weighted by Gasteiger charge is -2.31. The summed E-state index contributed by atoms with van der Waals surface area (Å²) in [6.45, 7) is 6.90. The van der Waals surface area contributed by atoms with Gasteiger partial charge in [0.05, 0.1) is 0 Å². The minimum absolute atomic E-state index is 0.474. The molecule has 0 saturated carbocycles. The Bertz CT molecular complexity index is 355. The van der Waals surface area contributed by atoms with Crippen molar-refractivity contribution >= 4 is 17.5 Å². The first-order chi connectivity index (χ1) is 7.16. The van der Waals surface area contributed by atoms with Crippen molar-refractivity contribution in [3.63, 3.8) is 0 Å². The summed E-state index contributed by atoms with van der Waals surface area (Å²) in [4.78, 5) is 10.7. The molecule has 0 radical (unpaired) electrons. The molecule has 82 valence electrons. The Morgan fingerprint density at radius 1 is 1.60 bits per heavy atom. The highest BCUT2D eigenvalue weighted by atomic mass is 35.5. The molecule has 1 aliphatic rings. The summed E-state index contributed by atoms with van der Waals surface area (Å²) in [7, 11) is 0. The van der Waals surface area contributed by atoms with Gasteiger partial charge in [-0.05, 0) is 13.8 Å². The number of nitrogens with one attached hydrogen (secondary N) is 1. The molecular formula is C10H15ClN4. The summed E-state index contributed by atoms with van der Waals surface area (Å²) in [5, 5.41) is 3.92. The maximum absolute atomic E-state index is 5.98. The van der Waals surface area contributed by atoms with E-state index >= 15 is 0 Å². The smallest absolute Gasteiger partial charge is 0.226 e. The SMILES string of the molecule is Cc1cnc(N2CCN[C@@H](C)C2)nc1Cl. The van der Waals surface area contributed by atoms with Crippen LogP contribution in [-0.2, 0) is 0 Å². The van der Waals surface area contributed by atoms with Gasteiger partial charge in [-0.15, -0.1) is 0 Å². The molecule has 15 heavy (non-hydrogen) atoms. The number of hydrogen-bond acceptors (Lipinski definition) is 4. The van der Waals surface area contributed by atoms with E-state index in [1.54, 1.807) is 6.20 Å². The van der Waals surface area contributed by atoms with E-state index in [4.69, 9.17) is 11.6 Å². The highest BCUT2D eigenvalue weighted by molar-refractivity contribution is 6.30. The van der Waals surface area contributed by atoms with Crippen LogP contribution in [0, 0.1) is 6.92 Å². The van der Waals surface area contributed by atoms with E-state index in [-0.39, 0.29) is 0 Å². The van der Waals surface area contributed by atoms with E-state index in [9.17, 15) is 0 Å². The summed E-state index contributed by atoms with van der Waals surface area (Å²) >= 11 is 5.98. The first-order valence-electron chi connectivity index (χ1n) is 5.14. The summed E-state index contributed by atoms with van der Waals surface area (Å²) in [5.74, 6) is 0.735. The Morgan fingerprint density at radius 2 is 2.40 bits per heavy atom. The van der Waals surface area contributed by atoms with E-state index in [0.29, 0.717) is 11.2 Å². The number of halogens is 1. The molecule has 2 rings (SSSR count). The van der Waals surface area contributed by atoms with Crippen molar-refractivity contribution < 1.29 is 0 Å². The standard InChI is InChI=1S/C10H15ClN4/c1-7-5-13-10(14-9(7)11)15-4-3-12-8(2)6-15/h5,8,12H,3-4,6H2,1-2H3/t8-/m0/s1. The lowest BCUT2D eigenvalue weighted by molar-refractivity contribution is 0.479. The second kappa shape index (κ2) is 4.33. The number of anilines is 1. The highest BCUT2D eigenvalue weighted by Crippen LogP contribution is 2.16. The molecule has 4 nitrogen and oxygen atoms in total. The quantitative estimate of drug-likeness (QED) is 0.732. The fraction of sp³-hybridized carbons (Fsp3) is 0.600. The van der Waals surface area contributed by atoms with Gasteiger partial charge in [0, 0.05) is 37.4 Å². The number of aromatic nitrogens is 2. The molecular weight excluding hydrogens is 212 g/mol. The van der Waals surface area contributed by atoms with Gasteiger partial charge < -0.3 is 10.2 Å². The van der Waals surface area contributed by atoms with Crippen molar-refractivity contribution in [3.05, 3.63) is 16.9 Å². The molecule has 0 unspecified atom stereocenters. The van der Waals surface area contributed by atoms with E-state index in [1.807, 2.05) is 6.92 Å². The zero-order valence-corrected chi connectivity index (χ0v) is 9.75. The average Bonchev–Trinajstić information content (AvgIpc) is 2.22. The lowest BCUT2D eigenvalue weighted by atomic mass is 10.2. The normalized spacial score (nSPS) is 21.8. The van der Waals surface area contributed by atoms with Crippen LogP contribution in [0.1, 0.15) is 12.5 Å². The van der Waals surface area contributed by atoms with E-state index in [2.05, 4.69) is 27.1 Å². The van der Waals surface area contributed by atoms with Crippen molar-refractivity contribution in [2.24, 2.45) is 0 Å². The molecule has 1 aliphatic heterocycles. The predicted molar refractivity (Wildman–Crippen MR) is 61.5 cm³/mol. The molecule has 1 fully saturated rings. The largest absolute Gasteiger partial charge is 0.338 e. The minimum Gasteiger partial charge on any atom is -0.338 e. The van der Waals surface area contributed by atoms with Crippen LogP contribution in [0.15, 0.2) is 6.20 Å². The fourth-order valence-electron chi connectivity index (χ4n) is 1.68. The molecule has 1 aromatic heterocycles. The van der Waals surface area contributed by atoms with Crippen molar-refractivity contribution in [1.82, 2.24) is 15.3 Å². The highest BCUT2D eigenvalue weighted by Gasteiger charge is 2.18. The third-order valence-corrected chi connectivity index (χ3v) is 2.93. The summed E-state index contributed by atoms with van der Waals surface area (Å²) in [6, 6.07) is 0.474. The molecule has 1 N–H and O–H groups in total. The van der Waals surface area contributed by atoms with Crippen LogP contribution in [0.4, 0.5) is 5.95 Å². The molecule has 0 aromatic carbocycles. The molecule has 0 bridgehead atoms. The molecule has 0 spiro atoms. The van der Waals surface area contributed by atoms with Crippen LogP contribution in [0.25, 0.3) is 0 Å². The zero-order chi connectivity index (χ0) is 10.8. The van der Waals surface area contributed by atoms with Gasteiger partial charge in [-0.2, -0.15) is 0 Å². The van der Waals surface area contributed by atoms with Crippen LogP contribution < -0.4 is 10.2 Å². The van der Waals surface area contributed by atoms with Crippen LogP contribution >= 0.6 is 11.6 Å². The zero-order valence-electron chi connectivity index (χ0n) is 9.00. The van der Waals surface area contributed by atoms with Crippen molar-refractivity contribution in [3.8, 4) is 0 Å². The third kappa shape index (κ3) is 2.38. The Hall–Kier alpha value is -0.870. The second-order valence-corrected chi connectivity index (χ2v) is 4.30. The molecule has 1 aromatic rings. The number of aryl methyl sites for hydroxylation is 1. The van der Waals surface area contributed by atoms with Gasteiger partial charge in [0.2, 0.25) is 5.95 Å². The molecule has 1 saturated heterocycles. The Labute approximate surface area is 94.7 Å². The summed E-state index contributed by atoms with van der Waals surface area (Å²) in [6.07, 6.45) is 1.78. The molecule has 0 amide bonds. The first-order valence-corrected chi connectivity index (χ1v) is 5.52. The maximum Gasteiger partial charge on any atom is 0.226 e. The van der Waals surface area contributed by atoms with Crippen LogP contribution in [0.3, 0.4) is 0 Å². The molecule has 0 aliphatic carbocycles. The van der Waals surface area contributed by atoms with Gasteiger partial charge in [0.1, 0.15) is 5.15 Å². The van der Waals surface area contributed by atoms with Crippen LogP contribution in [-0.4, -0.2) is 35.6 Å². The number of rotatable bonds is 1. The molecule has 1 atom stereocenters. The minimum atomic E-state index is 0.474. The molecule has 2 heterocycles. The molecule has 5 heteroatoms. The van der Waals surface area contributed by atoms with Crippen molar-refractivity contribution in [2.45, 2.75) is 19.9 Å². The predicted octanol–water partition coefficient (Wildman–Crippen LogP) is 1.24. The van der Waals surface area contributed by atoms with Crippen LogP contribution in [0.5, 0.6) is 0 Å². The van der Waals surface area contributed by atoms with E-state index < -0.39 is 0 Å². The Morgan fingerprint density at radius 3 is 3.07 bits per heavy atom. The summed E-state index contributed by atoms with van der Waals surface area (Å²) < 4.78 is 0. The number of hydrogen-bond donors (Lipinski definition) is 1. The topological polar surface area (TPSA) is 41.1 Å². The van der Waals surface area contributed by atoms with E-state index in [1.165, 1.54) is 0 Å². The lowest BCUT2D eigenvalue weighted by Crippen LogP contribution is -2.49. The van der Waals surface area contributed by atoms with Gasteiger partial charge in [0.25, 0.3) is 0 Å². The first kappa shape index (κ1) is 10.6. The Kier molecular flexibility index (Phi) is 3.07. The monoisotopic (exact) mass is 226 g/mol. The van der Waals surface area contributed by atoms with Crippen molar-refractivity contribution in [2.75, 3.05) is 24.5 Å². The van der Waals surface area contributed by atoms with Gasteiger partial charge in [-0.3, -0.25) is 0 Å². The van der Waals surface area contributed by atoms with Gasteiger partial charge in [-0.1, -0.05) is 11.6 Å². The number of piperazine rings is 1. The number of nitrogens with zero attached hydrogens (tertiary/aromatic N) is 3. The Balaban J connectivity index is 2.18. The van der Waals surface area contributed by atoms with Gasteiger partial charge in [-0.25, -0.2) is 9.97 Å². The maximum atomic E-state index is 5.98. The van der Waals surface area contributed by atoms with Gasteiger partial charge in [0.15, 0.2) is 0 Å².